The van der Waals surface area contributed by atoms with Crippen LogP contribution in [0.1, 0.15) is 36.0 Å². The zero-order chi connectivity index (χ0) is 13.8. The molecule has 1 aromatic rings. The van der Waals surface area contributed by atoms with E-state index in [0.29, 0.717) is 17.6 Å². The highest BCUT2D eigenvalue weighted by molar-refractivity contribution is 9.10. The quantitative estimate of drug-likeness (QED) is 0.893. The summed E-state index contributed by atoms with van der Waals surface area (Å²) in [5.41, 5.74) is 5.74. The lowest BCUT2D eigenvalue weighted by Crippen LogP contribution is -2.44. The standard InChI is InChI=1S/C14H18BrFN2O.ClH/c15-10-4-5-12(13(16)9-10)14(19)18-8-2-1-3-11(18)6-7-17;/h4-5,9,11H,1-3,6-8,17H2;1H. The SMILES string of the molecule is Cl.NCCC1CCCCN1C(=O)c1ccc(Br)cc1F. The Labute approximate surface area is 133 Å². The molecule has 0 bridgehead atoms. The molecule has 1 unspecified atom stereocenters. The van der Waals surface area contributed by atoms with Crippen molar-refractivity contribution in [1.82, 2.24) is 4.90 Å². The van der Waals surface area contributed by atoms with Crippen LogP contribution in [0.15, 0.2) is 22.7 Å². The zero-order valence-corrected chi connectivity index (χ0v) is 13.6. The average Bonchev–Trinajstić information content (AvgIpc) is 2.39. The lowest BCUT2D eigenvalue weighted by Gasteiger charge is -2.35. The van der Waals surface area contributed by atoms with Crippen LogP contribution in [-0.4, -0.2) is 29.9 Å². The Morgan fingerprint density at radius 2 is 2.20 bits per heavy atom. The molecule has 1 aromatic carbocycles. The fraction of sp³-hybridized carbons (Fsp3) is 0.500. The van der Waals surface area contributed by atoms with E-state index < -0.39 is 5.82 Å². The first kappa shape index (κ1) is 17.4. The summed E-state index contributed by atoms with van der Waals surface area (Å²) in [7, 11) is 0. The average molecular weight is 366 g/mol. The van der Waals surface area contributed by atoms with Gasteiger partial charge in [-0.3, -0.25) is 4.79 Å². The monoisotopic (exact) mass is 364 g/mol. The number of rotatable bonds is 3. The van der Waals surface area contributed by atoms with Gasteiger partial charge < -0.3 is 10.6 Å². The van der Waals surface area contributed by atoms with Crippen molar-refractivity contribution in [3.8, 4) is 0 Å². The van der Waals surface area contributed by atoms with Gasteiger partial charge in [0, 0.05) is 17.1 Å². The van der Waals surface area contributed by atoms with E-state index in [0.717, 1.165) is 25.7 Å². The summed E-state index contributed by atoms with van der Waals surface area (Å²) in [6.45, 7) is 1.25. The third kappa shape index (κ3) is 3.93. The van der Waals surface area contributed by atoms with E-state index in [1.54, 1.807) is 11.0 Å². The first-order valence-corrected chi connectivity index (χ1v) is 7.39. The van der Waals surface area contributed by atoms with Gasteiger partial charge in [0.1, 0.15) is 5.82 Å². The second-order valence-electron chi connectivity index (χ2n) is 4.85. The Kier molecular flexibility index (Phi) is 6.92. The number of hydrogen-bond acceptors (Lipinski definition) is 2. The largest absolute Gasteiger partial charge is 0.336 e. The summed E-state index contributed by atoms with van der Waals surface area (Å²) in [6.07, 6.45) is 3.83. The van der Waals surface area contributed by atoms with Crippen LogP contribution in [0.25, 0.3) is 0 Å². The van der Waals surface area contributed by atoms with Gasteiger partial charge in [0.05, 0.1) is 5.56 Å². The Bertz CT molecular complexity index is 470. The number of nitrogens with two attached hydrogens (primary N) is 1. The van der Waals surface area contributed by atoms with Gasteiger partial charge >= 0.3 is 0 Å². The maximum Gasteiger partial charge on any atom is 0.257 e. The van der Waals surface area contributed by atoms with Crippen molar-refractivity contribution in [2.24, 2.45) is 5.73 Å². The molecule has 3 nitrogen and oxygen atoms in total. The molecule has 20 heavy (non-hydrogen) atoms. The zero-order valence-electron chi connectivity index (χ0n) is 11.1. The third-order valence-corrected chi connectivity index (χ3v) is 4.04. The van der Waals surface area contributed by atoms with Crippen molar-refractivity contribution in [3.63, 3.8) is 0 Å². The number of benzene rings is 1. The fourth-order valence-corrected chi connectivity index (χ4v) is 2.91. The summed E-state index contributed by atoms with van der Waals surface area (Å²) >= 11 is 3.20. The molecule has 2 N–H and O–H groups in total. The third-order valence-electron chi connectivity index (χ3n) is 3.55. The molecule has 0 spiro atoms. The number of hydrogen-bond donors (Lipinski definition) is 1. The van der Waals surface area contributed by atoms with E-state index in [9.17, 15) is 9.18 Å². The summed E-state index contributed by atoms with van der Waals surface area (Å²) in [6, 6.07) is 4.71. The van der Waals surface area contributed by atoms with Gasteiger partial charge in [-0.2, -0.15) is 0 Å². The Hall–Kier alpha value is -0.650. The fourth-order valence-electron chi connectivity index (χ4n) is 2.58. The number of likely N-dealkylation sites (tertiary alicyclic amines) is 1. The van der Waals surface area contributed by atoms with E-state index in [2.05, 4.69) is 15.9 Å². The molecule has 0 aromatic heterocycles. The molecule has 1 heterocycles. The number of amides is 1. The van der Waals surface area contributed by atoms with Gasteiger partial charge in [-0.1, -0.05) is 15.9 Å². The van der Waals surface area contributed by atoms with Crippen LogP contribution < -0.4 is 5.73 Å². The Morgan fingerprint density at radius 1 is 1.45 bits per heavy atom. The lowest BCUT2D eigenvalue weighted by atomic mass is 9.98. The lowest BCUT2D eigenvalue weighted by molar-refractivity contribution is 0.0600. The van der Waals surface area contributed by atoms with Crippen LogP contribution in [-0.2, 0) is 0 Å². The highest BCUT2D eigenvalue weighted by Crippen LogP contribution is 2.23. The van der Waals surface area contributed by atoms with Crippen molar-refractivity contribution in [1.29, 1.82) is 0 Å². The van der Waals surface area contributed by atoms with Gasteiger partial charge in [-0.05, 0) is 50.4 Å². The van der Waals surface area contributed by atoms with Crippen molar-refractivity contribution in [2.75, 3.05) is 13.1 Å². The van der Waals surface area contributed by atoms with E-state index >= 15 is 0 Å². The minimum atomic E-state index is -0.476. The second kappa shape index (κ2) is 7.96. The minimum absolute atomic E-state index is 0. The maximum atomic E-state index is 13.9. The highest BCUT2D eigenvalue weighted by atomic mass is 79.9. The molecule has 1 aliphatic heterocycles. The van der Waals surface area contributed by atoms with Crippen LogP contribution in [0.3, 0.4) is 0 Å². The van der Waals surface area contributed by atoms with E-state index in [4.69, 9.17) is 5.73 Å². The molecule has 6 heteroatoms. The number of carbonyl (C=O) groups excluding carboxylic acids is 1. The van der Waals surface area contributed by atoms with E-state index in [1.165, 1.54) is 12.1 Å². The molecular formula is C14H19BrClFN2O. The summed E-state index contributed by atoms with van der Waals surface area (Å²) in [5.74, 6) is -0.695. The Balaban J connectivity index is 0.00000200. The van der Waals surface area contributed by atoms with Crippen molar-refractivity contribution >= 4 is 34.2 Å². The van der Waals surface area contributed by atoms with Crippen LogP contribution >= 0.6 is 28.3 Å². The minimum Gasteiger partial charge on any atom is -0.336 e. The van der Waals surface area contributed by atoms with Gasteiger partial charge in [-0.15, -0.1) is 12.4 Å². The Morgan fingerprint density at radius 3 is 2.85 bits per heavy atom. The molecule has 1 atom stereocenters. The summed E-state index contributed by atoms with van der Waals surface area (Å²) in [5, 5.41) is 0. The van der Waals surface area contributed by atoms with Gasteiger partial charge in [0.15, 0.2) is 0 Å². The van der Waals surface area contributed by atoms with Crippen LogP contribution in [0.5, 0.6) is 0 Å². The molecule has 1 fully saturated rings. The molecule has 0 radical (unpaired) electrons. The normalized spacial score (nSPS) is 18.6. The van der Waals surface area contributed by atoms with Gasteiger partial charge in [0.25, 0.3) is 5.91 Å². The predicted molar refractivity (Wildman–Crippen MR) is 83.7 cm³/mol. The number of carbonyl (C=O) groups is 1. The van der Waals surface area contributed by atoms with Crippen molar-refractivity contribution in [2.45, 2.75) is 31.7 Å². The summed E-state index contributed by atoms with van der Waals surface area (Å²) in [4.78, 5) is 14.2. The molecule has 1 amide bonds. The smallest absolute Gasteiger partial charge is 0.257 e. The molecule has 1 aliphatic rings. The second-order valence-corrected chi connectivity index (χ2v) is 5.77. The topological polar surface area (TPSA) is 46.3 Å². The summed E-state index contributed by atoms with van der Waals surface area (Å²) < 4.78 is 14.5. The van der Waals surface area contributed by atoms with Gasteiger partial charge in [0.2, 0.25) is 0 Å². The van der Waals surface area contributed by atoms with Crippen LogP contribution in [0.2, 0.25) is 0 Å². The van der Waals surface area contributed by atoms with Crippen molar-refractivity contribution in [3.05, 3.63) is 34.1 Å². The first-order valence-electron chi connectivity index (χ1n) is 6.59. The van der Waals surface area contributed by atoms with Crippen molar-refractivity contribution < 1.29 is 9.18 Å². The molecule has 0 aliphatic carbocycles. The molecule has 2 rings (SSSR count). The highest BCUT2D eigenvalue weighted by Gasteiger charge is 2.28. The number of piperidine rings is 1. The number of nitrogens with zero attached hydrogens (tertiary/aromatic N) is 1. The predicted octanol–water partition coefficient (Wildman–Crippen LogP) is 3.35. The molecular weight excluding hydrogens is 347 g/mol. The van der Waals surface area contributed by atoms with E-state index in [1.807, 2.05) is 0 Å². The van der Waals surface area contributed by atoms with E-state index in [-0.39, 0.29) is 29.9 Å². The molecule has 0 saturated carbocycles. The number of halogens is 3. The maximum absolute atomic E-state index is 13.9. The van der Waals surface area contributed by atoms with Gasteiger partial charge in [-0.25, -0.2) is 4.39 Å². The molecule has 1 saturated heterocycles. The van der Waals surface area contributed by atoms with Crippen LogP contribution in [0.4, 0.5) is 4.39 Å². The first-order chi connectivity index (χ1) is 9.13. The van der Waals surface area contributed by atoms with Crippen LogP contribution in [0, 0.1) is 5.82 Å². The molecule has 112 valence electrons.